The molecule has 3 nitrogen and oxygen atoms in total. The van der Waals surface area contributed by atoms with E-state index < -0.39 is 0 Å². The zero-order valence-corrected chi connectivity index (χ0v) is 5.64. The van der Waals surface area contributed by atoms with Gasteiger partial charge in [0.05, 0.1) is 11.6 Å². The first kappa shape index (κ1) is 6.26. The van der Waals surface area contributed by atoms with Gasteiger partial charge in [-0.3, -0.25) is 4.79 Å². The number of carbonyl (C=O) groups excluding carboxylic acids is 1. The average molecular weight is 126 g/mol. The zero-order chi connectivity index (χ0) is 6.85. The van der Waals surface area contributed by atoms with E-state index in [1.54, 1.807) is 0 Å². The Kier molecular flexibility index (Phi) is 1.51. The SMILES string of the molecule is CCC1=NNC(=O)C1C. The van der Waals surface area contributed by atoms with Crippen molar-refractivity contribution in [3.63, 3.8) is 0 Å². The maximum absolute atomic E-state index is 10.7. The Morgan fingerprint density at radius 3 is 2.67 bits per heavy atom. The lowest BCUT2D eigenvalue weighted by molar-refractivity contribution is -0.121. The normalized spacial score (nSPS) is 25.8. The second-order valence-corrected chi connectivity index (χ2v) is 2.15. The van der Waals surface area contributed by atoms with E-state index in [4.69, 9.17) is 0 Å². The van der Waals surface area contributed by atoms with Crippen molar-refractivity contribution in [2.75, 3.05) is 0 Å². The first-order valence-electron chi connectivity index (χ1n) is 3.12. The summed E-state index contributed by atoms with van der Waals surface area (Å²) in [5, 5.41) is 3.83. The average Bonchev–Trinajstić information content (AvgIpc) is 2.15. The molecule has 0 saturated carbocycles. The number of hydrogen-bond donors (Lipinski definition) is 1. The summed E-state index contributed by atoms with van der Waals surface area (Å²) in [6.07, 6.45) is 0.861. The summed E-state index contributed by atoms with van der Waals surface area (Å²) in [6, 6.07) is 0. The molecule has 0 saturated heterocycles. The first-order valence-corrected chi connectivity index (χ1v) is 3.12. The van der Waals surface area contributed by atoms with Crippen LogP contribution in [-0.4, -0.2) is 11.6 Å². The van der Waals surface area contributed by atoms with Gasteiger partial charge >= 0.3 is 0 Å². The van der Waals surface area contributed by atoms with Gasteiger partial charge in [-0.05, 0) is 13.3 Å². The molecule has 1 aliphatic rings. The molecule has 9 heavy (non-hydrogen) atoms. The van der Waals surface area contributed by atoms with Crippen LogP contribution in [0.1, 0.15) is 20.3 Å². The standard InChI is InChI=1S/C6H10N2O/c1-3-5-4(2)6(9)8-7-5/h4H,3H2,1-2H3,(H,8,9). The molecule has 0 radical (unpaired) electrons. The number of hydrazone groups is 1. The highest BCUT2D eigenvalue weighted by Crippen LogP contribution is 2.07. The molecule has 0 spiro atoms. The van der Waals surface area contributed by atoms with Crippen LogP contribution in [0.5, 0.6) is 0 Å². The maximum Gasteiger partial charge on any atom is 0.248 e. The molecule has 50 valence electrons. The van der Waals surface area contributed by atoms with E-state index in [0.29, 0.717) is 0 Å². The Bertz CT molecular complexity index is 162. The summed E-state index contributed by atoms with van der Waals surface area (Å²) in [6.45, 7) is 3.86. The second kappa shape index (κ2) is 2.17. The van der Waals surface area contributed by atoms with Crippen molar-refractivity contribution in [1.29, 1.82) is 0 Å². The molecule has 1 amide bonds. The summed E-state index contributed by atoms with van der Waals surface area (Å²) in [4.78, 5) is 10.7. The van der Waals surface area contributed by atoms with Crippen LogP contribution in [0, 0.1) is 5.92 Å². The smallest absolute Gasteiger partial charge is 0.248 e. The van der Waals surface area contributed by atoms with Crippen LogP contribution in [0.3, 0.4) is 0 Å². The van der Waals surface area contributed by atoms with E-state index in [0.717, 1.165) is 12.1 Å². The highest BCUT2D eigenvalue weighted by atomic mass is 16.2. The Morgan fingerprint density at radius 1 is 1.78 bits per heavy atom. The Hall–Kier alpha value is -0.860. The molecule has 1 N–H and O–H groups in total. The van der Waals surface area contributed by atoms with Gasteiger partial charge in [-0.1, -0.05) is 6.92 Å². The molecular formula is C6H10N2O. The fourth-order valence-electron chi connectivity index (χ4n) is 0.857. The third kappa shape index (κ3) is 0.943. The highest BCUT2D eigenvalue weighted by molar-refractivity contribution is 6.07. The van der Waals surface area contributed by atoms with Gasteiger partial charge in [0.1, 0.15) is 0 Å². The molecule has 0 bridgehead atoms. The summed E-state index contributed by atoms with van der Waals surface area (Å²) >= 11 is 0. The van der Waals surface area contributed by atoms with Gasteiger partial charge in [0.15, 0.2) is 0 Å². The predicted octanol–water partition coefficient (Wildman–Crippen LogP) is 0.518. The molecule has 0 aromatic heterocycles. The zero-order valence-electron chi connectivity index (χ0n) is 5.64. The van der Waals surface area contributed by atoms with Crippen molar-refractivity contribution in [3.8, 4) is 0 Å². The number of rotatable bonds is 1. The van der Waals surface area contributed by atoms with Crippen LogP contribution in [0.4, 0.5) is 0 Å². The summed E-state index contributed by atoms with van der Waals surface area (Å²) in [7, 11) is 0. The van der Waals surface area contributed by atoms with Gasteiger partial charge in [-0.25, -0.2) is 5.43 Å². The molecular weight excluding hydrogens is 116 g/mol. The van der Waals surface area contributed by atoms with Crippen molar-refractivity contribution in [1.82, 2.24) is 5.43 Å². The fraction of sp³-hybridized carbons (Fsp3) is 0.667. The quantitative estimate of drug-likeness (QED) is 0.546. The molecule has 1 heterocycles. The van der Waals surface area contributed by atoms with Crippen LogP contribution in [0.15, 0.2) is 5.10 Å². The fourth-order valence-corrected chi connectivity index (χ4v) is 0.857. The van der Waals surface area contributed by atoms with E-state index >= 15 is 0 Å². The first-order chi connectivity index (χ1) is 4.25. The van der Waals surface area contributed by atoms with Gasteiger partial charge in [0.25, 0.3) is 0 Å². The molecule has 0 aromatic rings. The van der Waals surface area contributed by atoms with Gasteiger partial charge in [-0.2, -0.15) is 5.10 Å². The molecule has 3 heteroatoms. The number of carbonyl (C=O) groups is 1. The van der Waals surface area contributed by atoms with Crippen LogP contribution in [-0.2, 0) is 4.79 Å². The highest BCUT2D eigenvalue weighted by Gasteiger charge is 2.22. The number of amides is 1. The van der Waals surface area contributed by atoms with Crippen molar-refractivity contribution in [3.05, 3.63) is 0 Å². The summed E-state index contributed by atoms with van der Waals surface area (Å²) in [5.41, 5.74) is 3.38. The topological polar surface area (TPSA) is 41.5 Å². The number of nitrogens with zero attached hydrogens (tertiary/aromatic N) is 1. The Labute approximate surface area is 54.1 Å². The van der Waals surface area contributed by atoms with Gasteiger partial charge in [-0.15, -0.1) is 0 Å². The second-order valence-electron chi connectivity index (χ2n) is 2.15. The molecule has 0 fully saturated rings. The van der Waals surface area contributed by atoms with Crippen LogP contribution >= 0.6 is 0 Å². The monoisotopic (exact) mass is 126 g/mol. The summed E-state index contributed by atoms with van der Waals surface area (Å²) in [5.74, 6) is 0.0156. The lowest BCUT2D eigenvalue weighted by Crippen LogP contribution is -2.19. The minimum atomic E-state index is -0.00463. The molecule has 1 atom stereocenters. The minimum Gasteiger partial charge on any atom is -0.272 e. The van der Waals surface area contributed by atoms with Crippen molar-refractivity contribution >= 4 is 11.6 Å². The largest absolute Gasteiger partial charge is 0.272 e. The van der Waals surface area contributed by atoms with Crippen molar-refractivity contribution < 1.29 is 4.79 Å². The lowest BCUT2D eigenvalue weighted by Gasteiger charge is -1.97. The van der Waals surface area contributed by atoms with E-state index in [2.05, 4.69) is 10.5 Å². The third-order valence-electron chi connectivity index (χ3n) is 1.57. The predicted molar refractivity (Wildman–Crippen MR) is 35.0 cm³/mol. The van der Waals surface area contributed by atoms with Crippen molar-refractivity contribution in [2.45, 2.75) is 20.3 Å². The molecule has 0 aromatic carbocycles. The van der Waals surface area contributed by atoms with Crippen LogP contribution < -0.4 is 5.43 Å². The molecule has 1 unspecified atom stereocenters. The van der Waals surface area contributed by atoms with E-state index in [-0.39, 0.29) is 11.8 Å². The van der Waals surface area contributed by atoms with E-state index in [1.165, 1.54) is 0 Å². The number of nitrogens with one attached hydrogen (secondary N) is 1. The Balaban J connectivity index is 2.66. The van der Waals surface area contributed by atoms with Crippen LogP contribution in [0.2, 0.25) is 0 Å². The molecule has 1 rings (SSSR count). The molecule has 1 aliphatic heterocycles. The van der Waals surface area contributed by atoms with E-state index in [1.807, 2.05) is 13.8 Å². The van der Waals surface area contributed by atoms with Gasteiger partial charge in [0.2, 0.25) is 5.91 Å². The number of hydrogen-bond acceptors (Lipinski definition) is 2. The van der Waals surface area contributed by atoms with Crippen molar-refractivity contribution in [2.24, 2.45) is 11.0 Å². The minimum absolute atomic E-state index is 0.00463. The molecule has 0 aliphatic carbocycles. The van der Waals surface area contributed by atoms with E-state index in [9.17, 15) is 4.79 Å². The maximum atomic E-state index is 10.7. The van der Waals surface area contributed by atoms with Gasteiger partial charge < -0.3 is 0 Å². The third-order valence-corrected chi connectivity index (χ3v) is 1.57. The van der Waals surface area contributed by atoms with Gasteiger partial charge in [0, 0.05) is 0 Å². The Morgan fingerprint density at radius 2 is 2.44 bits per heavy atom. The summed E-state index contributed by atoms with van der Waals surface area (Å²) < 4.78 is 0. The lowest BCUT2D eigenvalue weighted by atomic mass is 10.1. The van der Waals surface area contributed by atoms with Crippen LogP contribution in [0.25, 0.3) is 0 Å².